The van der Waals surface area contributed by atoms with Crippen LogP contribution in [-0.4, -0.2) is 27.1 Å². The monoisotopic (exact) mass is 323 g/mol. The summed E-state index contributed by atoms with van der Waals surface area (Å²) in [5.41, 5.74) is 1.46. The number of nitrogens with one attached hydrogen (secondary N) is 1. The Morgan fingerprint density at radius 3 is 2.79 bits per heavy atom. The summed E-state index contributed by atoms with van der Waals surface area (Å²) in [5.74, 6) is 0.260. The van der Waals surface area contributed by atoms with Crippen molar-refractivity contribution in [2.75, 3.05) is 5.33 Å². The van der Waals surface area contributed by atoms with E-state index in [0.717, 1.165) is 16.2 Å². The molecular formula is C14H18BrN3O. The van der Waals surface area contributed by atoms with E-state index in [9.17, 15) is 4.79 Å². The number of alkyl halides is 1. The fraction of sp³-hybridized carbons (Fsp3) is 0.429. The average molecular weight is 324 g/mol. The van der Waals surface area contributed by atoms with E-state index in [-0.39, 0.29) is 11.9 Å². The molecule has 2 atom stereocenters. The predicted octanol–water partition coefficient (Wildman–Crippen LogP) is 2.72. The minimum absolute atomic E-state index is 0.104. The maximum absolute atomic E-state index is 12.3. The van der Waals surface area contributed by atoms with Gasteiger partial charge in [0.25, 0.3) is 5.91 Å². The minimum Gasteiger partial charge on any atom is -0.348 e. The second kappa shape index (κ2) is 5.74. The van der Waals surface area contributed by atoms with Gasteiger partial charge in [-0.2, -0.15) is 5.10 Å². The molecule has 1 heterocycles. The number of hydrogen-bond acceptors (Lipinski definition) is 2. The number of benzene rings is 1. The summed E-state index contributed by atoms with van der Waals surface area (Å²) < 4.78 is 1.74. The molecule has 4 nitrogen and oxygen atoms in total. The van der Waals surface area contributed by atoms with Crippen LogP contribution < -0.4 is 5.32 Å². The van der Waals surface area contributed by atoms with Crippen molar-refractivity contribution in [3.63, 3.8) is 0 Å². The lowest BCUT2D eigenvalue weighted by atomic mass is 10.1. The van der Waals surface area contributed by atoms with E-state index in [0.29, 0.717) is 11.6 Å². The predicted molar refractivity (Wildman–Crippen MR) is 80.6 cm³/mol. The maximum Gasteiger partial charge on any atom is 0.272 e. The first-order valence-corrected chi connectivity index (χ1v) is 7.45. The number of para-hydroxylation sites is 1. The highest BCUT2D eigenvalue weighted by molar-refractivity contribution is 9.09. The molecule has 0 aliphatic rings. The minimum atomic E-state index is -0.114. The molecular weight excluding hydrogens is 306 g/mol. The number of halogens is 1. The molecule has 2 aromatic rings. The zero-order valence-electron chi connectivity index (χ0n) is 11.4. The number of carbonyl (C=O) groups excluding carboxylic acids is 1. The van der Waals surface area contributed by atoms with E-state index in [1.165, 1.54) is 0 Å². The van der Waals surface area contributed by atoms with Crippen LogP contribution in [0.4, 0.5) is 0 Å². The van der Waals surface area contributed by atoms with E-state index in [4.69, 9.17) is 0 Å². The molecule has 0 radical (unpaired) electrons. The number of aromatic nitrogens is 2. The van der Waals surface area contributed by atoms with Crippen molar-refractivity contribution in [1.29, 1.82) is 0 Å². The molecule has 1 aromatic carbocycles. The standard InChI is InChI=1S/C14H18BrN3O/c1-9(8-15)10(2)16-14(19)13-11-6-4-5-7-12(11)18(3)17-13/h4-7,9-10H,8H2,1-3H3,(H,16,19). The molecule has 1 N–H and O–H groups in total. The van der Waals surface area contributed by atoms with Gasteiger partial charge in [0.1, 0.15) is 0 Å². The molecule has 0 spiro atoms. The molecule has 0 fully saturated rings. The Hall–Kier alpha value is -1.36. The second-order valence-corrected chi connectivity index (χ2v) is 5.53. The van der Waals surface area contributed by atoms with Gasteiger partial charge < -0.3 is 5.32 Å². The van der Waals surface area contributed by atoms with Crippen molar-refractivity contribution in [3.05, 3.63) is 30.0 Å². The Labute approximate surface area is 121 Å². The Morgan fingerprint density at radius 1 is 1.42 bits per heavy atom. The van der Waals surface area contributed by atoms with Gasteiger partial charge in [-0.05, 0) is 18.9 Å². The molecule has 2 rings (SSSR count). The highest BCUT2D eigenvalue weighted by Crippen LogP contribution is 2.17. The number of fused-ring (bicyclic) bond motifs is 1. The largest absolute Gasteiger partial charge is 0.348 e. The second-order valence-electron chi connectivity index (χ2n) is 4.88. The fourth-order valence-corrected chi connectivity index (χ4v) is 2.49. The van der Waals surface area contributed by atoms with Crippen LogP contribution in [0.15, 0.2) is 24.3 Å². The molecule has 0 saturated carbocycles. The van der Waals surface area contributed by atoms with E-state index in [1.54, 1.807) is 4.68 Å². The van der Waals surface area contributed by atoms with E-state index in [2.05, 4.69) is 33.3 Å². The van der Waals surface area contributed by atoms with Gasteiger partial charge in [-0.1, -0.05) is 41.1 Å². The van der Waals surface area contributed by atoms with Gasteiger partial charge in [-0.3, -0.25) is 9.48 Å². The van der Waals surface area contributed by atoms with Gasteiger partial charge >= 0.3 is 0 Å². The first-order chi connectivity index (χ1) is 9.04. The molecule has 1 amide bonds. The molecule has 0 aliphatic carbocycles. The maximum atomic E-state index is 12.3. The van der Waals surface area contributed by atoms with Gasteiger partial charge in [-0.15, -0.1) is 0 Å². The van der Waals surface area contributed by atoms with Crippen LogP contribution in [0, 0.1) is 5.92 Å². The van der Waals surface area contributed by atoms with Gasteiger partial charge in [0, 0.05) is 23.8 Å². The van der Waals surface area contributed by atoms with Crippen molar-refractivity contribution < 1.29 is 4.79 Å². The lowest BCUT2D eigenvalue weighted by Gasteiger charge is -2.18. The van der Waals surface area contributed by atoms with E-state index < -0.39 is 0 Å². The zero-order chi connectivity index (χ0) is 14.0. The van der Waals surface area contributed by atoms with Crippen molar-refractivity contribution in [1.82, 2.24) is 15.1 Å². The Morgan fingerprint density at radius 2 is 2.11 bits per heavy atom. The normalized spacial score (nSPS) is 14.3. The van der Waals surface area contributed by atoms with Gasteiger partial charge in [0.2, 0.25) is 0 Å². The lowest BCUT2D eigenvalue weighted by molar-refractivity contribution is 0.0927. The van der Waals surface area contributed by atoms with Crippen molar-refractivity contribution in [2.45, 2.75) is 19.9 Å². The number of carbonyl (C=O) groups is 1. The highest BCUT2D eigenvalue weighted by atomic mass is 79.9. The summed E-state index contributed by atoms with van der Waals surface area (Å²) in [5, 5.41) is 9.08. The van der Waals surface area contributed by atoms with Crippen LogP contribution in [0.2, 0.25) is 0 Å². The number of nitrogens with zero attached hydrogens (tertiary/aromatic N) is 2. The van der Waals surface area contributed by atoms with Gasteiger partial charge in [0.05, 0.1) is 5.52 Å². The molecule has 0 aliphatic heterocycles. The topological polar surface area (TPSA) is 46.9 Å². The van der Waals surface area contributed by atoms with Crippen molar-refractivity contribution >= 4 is 32.7 Å². The number of aryl methyl sites for hydroxylation is 1. The smallest absolute Gasteiger partial charge is 0.272 e. The van der Waals surface area contributed by atoms with Crippen molar-refractivity contribution in [2.24, 2.45) is 13.0 Å². The summed E-state index contributed by atoms with van der Waals surface area (Å²) in [6.45, 7) is 4.10. The molecule has 0 saturated heterocycles. The summed E-state index contributed by atoms with van der Waals surface area (Å²) in [6, 6.07) is 7.86. The fourth-order valence-electron chi connectivity index (χ4n) is 1.93. The lowest BCUT2D eigenvalue weighted by Crippen LogP contribution is -2.38. The first kappa shape index (κ1) is 14.1. The molecule has 5 heteroatoms. The first-order valence-electron chi connectivity index (χ1n) is 6.33. The summed E-state index contributed by atoms with van der Waals surface area (Å²) in [4.78, 5) is 12.3. The van der Waals surface area contributed by atoms with Gasteiger partial charge in [-0.25, -0.2) is 0 Å². The van der Waals surface area contributed by atoms with Crippen molar-refractivity contribution in [3.8, 4) is 0 Å². The van der Waals surface area contributed by atoms with Crippen LogP contribution in [0.1, 0.15) is 24.3 Å². The van der Waals surface area contributed by atoms with Crippen LogP contribution in [0.3, 0.4) is 0 Å². The molecule has 2 unspecified atom stereocenters. The summed E-state index contributed by atoms with van der Waals surface area (Å²) in [6.07, 6.45) is 0. The highest BCUT2D eigenvalue weighted by Gasteiger charge is 2.19. The number of hydrogen-bond donors (Lipinski definition) is 1. The third-order valence-corrected chi connectivity index (χ3v) is 4.45. The molecule has 19 heavy (non-hydrogen) atoms. The average Bonchev–Trinajstić information content (AvgIpc) is 2.76. The van der Waals surface area contributed by atoms with Crippen LogP contribution in [-0.2, 0) is 7.05 Å². The SMILES string of the molecule is CC(CBr)C(C)NC(=O)c1nn(C)c2ccccc12. The van der Waals surface area contributed by atoms with Crippen LogP contribution in [0.5, 0.6) is 0 Å². The Bertz CT molecular complexity index is 593. The van der Waals surface area contributed by atoms with Gasteiger partial charge in [0.15, 0.2) is 5.69 Å². The van der Waals surface area contributed by atoms with E-state index in [1.807, 2.05) is 38.2 Å². The number of amides is 1. The molecule has 1 aromatic heterocycles. The zero-order valence-corrected chi connectivity index (χ0v) is 12.9. The summed E-state index contributed by atoms with van der Waals surface area (Å²) in [7, 11) is 1.85. The Kier molecular flexibility index (Phi) is 4.24. The van der Waals surface area contributed by atoms with Crippen LogP contribution >= 0.6 is 15.9 Å². The molecule has 102 valence electrons. The van der Waals surface area contributed by atoms with Crippen LogP contribution in [0.25, 0.3) is 10.9 Å². The van der Waals surface area contributed by atoms with E-state index >= 15 is 0 Å². The third-order valence-electron chi connectivity index (χ3n) is 3.43. The third kappa shape index (κ3) is 2.81. The number of rotatable bonds is 4. The Balaban J connectivity index is 2.27. The quantitative estimate of drug-likeness (QED) is 0.879. The summed E-state index contributed by atoms with van der Waals surface area (Å²) >= 11 is 3.43. The molecule has 0 bridgehead atoms.